The van der Waals surface area contributed by atoms with Crippen LogP contribution in [0, 0.1) is 0 Å². The summed E-state index contributed by atoms with van der Waals surface area (Å²) in [5, 5.41) is 12.3. The van der Waals surface area contributed by atoms with Gasteiger partial charge < -0.3 is 11.1 Å². The van der Waals surface area contributed by atoms with Crippen LogP contribution in [0.1, 0.15) is 23.4 Å². The summed E-state index contributed by atoms with van der Waals surface area (Å²) in [4.78, 5) is 11.9. The lowest BCUT2D eigenvalue weighted by molar-refractivity contribution is -0.115. The highest BCUT2D eigenvalue weighted by Gasteiger charge is 2.08. The monoisotopic (exact) mass is 290 g/mol. The van der Waals surface area contributed by atoms with Crippen LogP contribution in [0.5, 0.6) is 0 Å². The van der Waals surface area contributed by atoms with Gasteiger partial charge in [0.05, 0.1) is 6.42 Å². The van der Waals surface area contributed by atoms with E-state index in [1.165, 1.54) is 11.3 Å². The number of rotatable bonds is 7. The minimum Gasteiger partial charge on any atom is -0.330 e. The van der Waals surface area contributed by atoms with Crippen molar-refractivity contribution in [3.8, 4) is 0 Å². The molecule has 0 atom stereocenters. The summed E-state index contributed by atoms with van der Waals surface area (Å²) in [5.74, 6) is -0.0686. The molecule has 0 fully saturated rings. The van der Waals surface area contributed by atoms with E-state index in [2.05, 4.69) is 15.5 Å². The van der Waals surface area contributed by atoms with Crippen molar-refractivity contribution in [2.45, 2.75) is 25.7 Å². The molecule has 5 nitrogen and oxygen atoms in total. The number of carbonyl (C=O) groups excluding carboxylic acids is 1. The number of nitrogens with two attached hydrogens (primary N) is 1. The Morgan fingerprint density at radius 2 is 2.00 bits per heavy atom. The molecule has 1 aromatic heterocycles. The Hall–Kier alpha value is -1.79. The number of anilines is 1. The average Bonchev–Trinajstić information content (AvgIpc) is 2.87. The van der Waals surface area contributed by atoms with Crippen molar-refractivity contribution in [3.05, 3.63) is 40.9 Å². The molecule has 0 saturated carbocycles. The molecule has 20 heavy (non-hydrogen) atoms. The van der Waals surface area contributed by atoms with E-state index >= 15 is 0 Å². The van der Waals surface area contributed by atoms with Crippen molar-refractivity contribution in [1.29, 1.82) is 0 Å². The molecule has 1 aromatic carbocycles. The summed E-state index contributed by atoms with van der Waals surface area (Å²) in [6.45, 7) is 0.694. The maximum Gasteiger partial charge on any atom is 0.230 e. The standard InChI is InChI=1S/C14H18N4OS/c15-9-5-4-8-13-17-18-14(20-13)16-12(19)10-11-6-2-1-3-7-11/h1-3,6-7H,4-5,8-10,15H2,(H,16,18,19). The van der Waals surface area contributed by atoms with E-state index in [4.69, 9.17) is 5.73 Å². The highest BCUT2D eigenvalue weighted by atomic mass is 32.1. The molecule has 106 valence electrons. The lowest BCUT2D eigenvalue weighted by Gasteiger charge is -2.00. The van der Waals surface area contributed by atoms with Crippen molar-refractivity contribution in [2.75, 3.05) is 11.9 Å². The number of unbranched alkanes of at least 4 members (excludes halogenated alkanes) is 1. The van der Waals surface area contributed by atoms with E-state index in [9.17, 15) is 4.79 Å². The van der Waals surface area contributed by atoms with Crippen LogP contribution < -0.4 is 11.1 Å². The van der Waals surface area contributed by atoms with Gasteiger partial charge in [0.15, 0.2) is 0 Å². The van der Waals surface area contributed by atoms with Gasteiger partial charge in [-0.2, -0.15) is 0 Å². The fourth-order valence-electron chi connectivity index (χ4n) is 1.77. The zero-order valence-electron chi connectivity index (χ0n) is 11.2. The van der Waals surface area contributed by atoms with Gasteiger partial charge >= 0.3 is 0 Å². The molecule has 0 saturated heterocycles. The summed E-state index contributed by atoms with van der Waals surface area (Å²) in [7, 11) is 0. The minimum atomic E-state index is -0.0686. The van der Waals surface area contributed by atoms with Crippen LogP contribution in [0.2, 0.25) is 0 Å². The van der Waals surface area contributed by atoms with Crippen molar-refractivity contribution in [2.24, 2.45) is 5.73 Å². The molecule has 2 rings (SSSR count). The summed E-state index contributed by atoms with van der Waals surface area (Å²) in [6, 6.07) is 9.63. The Morgan fingerprint density at radius 1 is 1.20 bits per heavy atom. The Bertz CT molecular complexity index is 541. The van der Waals surface area contributed by atoms with Gasteiger partial charge in [-0.25, -0.2) is 0 Å². The number of benzene rings is 1. The van der Waals surface area contributed by atoms with Crippen LogP contribution in [0.4, 0.5) is 5.13 Å². The molecule has 0 spiro atoms. The van der Waals surface area contributed by atoms with Gasteiger partial charge in [-0.1, -0.05) is 41.7 Å². The lowest BCUT2D eigenvalue weighted by atomic mass is 10.1. The number of aryl methyl sites for hydroxylation is 1. The van der Waals surface area contributed by atoms with Crippen LogP contribution >= 0.6 is 11.3 Å². The van der Waals surface area contributed by atoms with Crippen LogP contribution in [0.25, 0.3) is 0 Å². The fraction of sp³-hybridized carbons (Fsp3) is 0.357. The highest BCUT2D eigenvalue weighted by molar-refractivity contribution is 7.15. The first kappa shape index (κ1) is 14.6. The van der Waals surface area contributed by atoms with E-state index in [1.54, 1.807) is 0 Å². The van der Waals surface area contributed by atoms with Gasteiger partial charge in [-0.3, -0.25) is 4.79 Å². The summed E-state index contributed by atoms with van der Waals surface area (Å²) in [5.41, 5.74) is 6.43. The molecule has 0 bridgehead atoms. The van der Waals surface area contributed by atoms with Gasteiger partial charge in [0, 0.05) is 6.42 Å². The molecule has 0 radical (unpaired) electrons. The molecule has 0 aliphatic rings. The van der Waals surface area contributed by atoms with E-state index in [1.807, 2.05) is 30.3 Å². The number of amides is 1. The van der Waals surface area contributed by atoms with Gasteiger partial charge in [0.1, 0.15) is 5.01 Å². The third kappa shape index (κ3) is 4.71. The number of aromatic nitrogens is 2. The first-order valence-corrected chi connectivity index (χ1v) is 7.46. The summed E-state index contributed by atoms with van der Waals surface area (Å²) in [6.07, 6.45) is 3.20. The molecule has 0 aliphatic heterocycles. The summed E-state index contributed by atoms with van der Waals surface area (Å²) >= 11 is 1.43. The third-order valence-electron chi connectivity index (χ3n) is 2.77. The Kier molecular flexibility index (Phi) is 5.64. The quantitative estimate of drug-likeness (QED) is 0.764. The number of hydrogen-bond acceptors (Lipinski definition) is 5. The maximum absolute atomic E-state index is 11.9. The first-order valence-electron chi connectivity index (χ1n) is 6.64. The molecule has 0 aliphatic carbocycles. The van der Waals surface area contributed by atoms with Gasteiger partial charge in [0.2, 0.25) is 11.0 Å². The number of nitrogens with one attached hydrogen (secondary N) is 1. The third-order valence-corrected chi connectivity index (χ3v) is 3.66. The van der Waals surface area contributed by atoms with E-state index in [0.29, 0.717) is 18.1 Å². The van der Waals surface area contributed by atoms with E-state index in [0.717, 1.165) is 29.8 Å². The minimum absolute atomic E-state index is 0.0686. The second kappa shape index (κ2) is 7.72. The first-order chi connectivity index (χ1) is 9.78. The zero-order chi connectivity index (χ0) is 14.2. The molecular formula is C14H18N4OS. The molecule has 1 heterocycles. The average molecular weight is 290 g/mol. The second-order valence-corrected chi connectivity index (χ2v) is 5.52. The Balaban J connectivity index is 1.82. The fourth-order valence-corrected chi connectivity index (χ4v) is 2.57. The zero-order valence-corrected chi connectivity index (χ0v) is 12.0. The molecular weight excluding hydrogens is 272 g/mol. The molecule has 3 N–H and O–H groups in total. The predicted octanol–water partition coefficient (Wildman–Crippen LogP) is 2.00. The Morgan fingerprint density at radius 3 is 2.75 bits per heavy atom. The summed E-state index contributed by atoms with van der Waals surface area (Å²) < 4.78 is 0. The highest BCUT2D eigenvalue weighted by Crippen LogP contribution is 2.17. The molecule has 2 aromatic rings. The normalized spacial score (nSPS) is 10.4. The molecule has 1 amide bonds. The van der Waals surface area contributed by atoms with Crippen molar-refractivity contribution in [3.63, 3.8) is 0 Å². The van der Waals surface area contributed by atoms with Crippen LogP contribution in [-0.2, 0) is 17.6 Å². The van der Waals surface area contributed by atoms with Gasteiger partial charge in [-0.05, 0) is 24.9 Å². The number of hydrogen-bond donors (Lipinski definition) is 2. The van der Waals surface area contributed by atoms with Gasteiger partial charge in [0.25, 0.3) is 0 Å². The Labute approximate surface area is 122 Å². The van der Waals surface area contributed by atoms with Crippen LogP contribution in [0.3, 0.4) is 0 Å². The SMILES string of the molecule is NCCCCc1nnc(NC(=O)Cc2ccccc2)s1. The second-order valence-electron chi connectivity index (χ2n) is 4.46. The maximum atomic E-state index is 11.9. The van der Waals surface area contributed by atoms with Crippen molar-refractivity contribution in [1.82, 2.24) is 10.2 Å². The van der Waals surface area contributed by atoms with E-state index in [-0.39, 0.29) is 5.91 Å². The van der Waals surface area contributed by atoms with Crippen LogP contribution in [0.15, 0.2) is 30.3 Å². The van der Waals surface area contributed by atoms with Gasteiger partial charge in [-0.15, -0.1) is 10.2 Å². The number of nitrogens with zero attached hydrogens (tertiary/aromatic N) is 2. The molecule has 0 unspecified atom stereocenters. The smallest absolute Gasteiger partial charge is 0.230 e. The lowest BCUT2D eigenvalue weighted by Crippen LogP contribution is -2.14. The predicted molar refractivity (Wildman–Crippen MR) is 80.7 cm³/mol. The van der Waals surface area contributed by atoms with Crippen molar-refractivity contribution < 1.29 is 4.79 Å². The topological polar surface area (TPSA) is 80.9 Å². The largest absolute Gasteiger partial charge is 0.330 e. The molecule has 6 heteroatoms. The van der Waals surface area contributed by atoms with Crippen molar-refractivity contribution >= 4 is 22.4 Å². The van der Waals surface area contributed by atoms with Crippen LogP contribution in [-0.4, -0.2) is 22.6 Å². The van der Waals surface area contributed by atoms with E-state index < -0.39 is 0 Å². The number of carbonyl (C=O) groups is 1.